The maximum Gasteiger partial charge on any atom is 0.327 e. The Morgan fingerprint density at radius 1 is 1.15 bits per heavy atom. The summed E-state index contributed by atoms with van der Waals surface area (Å²) in [5, 5.41) is 2.32. The lowest BCUT2D eigenvalue weighted by atomic mass is 10.2. The third-order valence-electron chi connectivity index (χ3n) is 2.33. The normalized spacial score (nSPS) is 10.6. The second-order valence-corrected chi connectivity index (χ2v) is 7.07. The van der Waals surface area contributed by atoms with Crippen LogP contribution in [0.4, 0.5) is 4.79 Å². The van der Waals surface area contributed by atoms with Gasteiger partial charge in [0, 0.05) is 26.8 Å². The first-order chi connectivity index (χ1) is 12.3. The van der Waals surface area contributed by atoms with Crippen LogP contribution in [0.3, 0.4) is 0 Å². The van der Waals surface area contributed by atoms with Gasteiger partial charge in [-0.25, -0.2) is 4.79 Å². The molecule has 0 saturated heterocycles. The fourth-order valence-corrected chi connectivity index (χ4v) is 0.941. The number of hydrogen-bond acceptors (Lipinski definition) is 6. The van der Waals surface area contributed by atoms with Gasteiger partial charge in [-0.15, -0.1) is 0 Å². The number of ether oxygens (including phenoxy) is 2. The van der Waals surface area contributed by atoms with E-state index in [1.807, 2.05) is 41.5 Å². The molecule has 0 aliphatic rings. The van der Waals surface area contributed by atoms with E-state index in [1.165, 1.54) is 19.6 Å². The molecule has 0 aromatic heterocycles. The molecule has 2 amide bonds. The average Bonchev–Trinajstić information content (AvgIpc) is 2.56. The maximum absolute atomic E-state index is 11.0. The Morgan fingerprint density at radius 2 is 1.63 bits per heavy atom. The van der Waals surface area contributed by atoms with Gasteiger partial charge in [-0.2, -0.15) is 0 Å². The van der Waals surface area contributed by atoms with Gasteiger partial charge in [0.25, 0.3) is 0 Å². The predicted octanol–water partition coefficient (Wildman–Crippen LogP) is 3.17. The van der Waals surface area contributed by atoms with Crippen molar-refractivity contribution in [3.8, 4) is 0 Å². The molecule has 0 unspecified atom stereocenters. The van der Waals surface area contributed by atoms with Crippen LogP contribution >= 0.6 is 0 Å². The summed E-state index contributed by atoms with van der Waals surface area (Å²) >= 11 is 0. The Morgan fingerprint density at radius 3 is 1.85 bits per heavy atom. The Bertz CT molecular complexity index is 463. The van der Waals surface area contributed by atoms with E-state index in [9.17, 15) is 14.4 Å². The van der Waals surface area contributed by atoms with Crippen LogP contribution in [0.2, 0.25) is 0 Å². The highest BCUT2D eigenvalue weighted by Gasteiger charge is 2.13. The van der Waals surface area contributed by atoms with Crippen LogP contribution < -0.4 is 5.32 Å². The molecule has 0 fully saturated rings. The second kappa shape index (κ2) is 16.0. The van der Waals surface area contributed by atoms with Crippen molar-refractivity contribution in [1.29, 1.82) is 0 Å². The minimum atomic E-state index is -0.428. The van der Waals surface area contributed by atoms with Crippen molar-refractivity contribution in [2.75, 3.05) is 20.7 Å². The Balaban J connectivity index is -0.000000340. The summed E-state index contributed by atoms with van der Waals surface area (Å²) in [5.41, 5.74) is -0.285. The van der Waals surface area contributed by atoms with Crippen molar-refractivity contribution in [2.24, 2.45) is 4.99 Å². The molecular weight excluding hydrogens is 350 g/mol. The van der Waals surface area contributed by atoms with Crippen LogP contribution in [0.25, 0.3) is 0 Å². The van der Waals surface area contributed by atoms with Crippen molar-refractivity contribution in [2.45, 2.75) is 66.1 Å². The fraction of sp³-hybridized carbons (Fsp3) is 0.684. The predicted molar refractivity (Wildman–Crippen MR) is 109 cm³/mol. The van der Waals surface area contributed by atoms with Crippen molar-refractivity contribution in [1.82, 2.24) is 10.2 Å². The summed E-state index contributed by atoms with van der Waals surface area (Å²) in [6, 6.07) is -0.428. The number of aliphatic imine (C=N–C) groups is 1. The highest BCUT2D eigenvalue weighted by Crippen LogP contribution is 2.07. The quantitative estimate of drug-likeness (QED) is 0.338. The largest absolute Gasteiger partial charge is 0.460 e. The summed E-state index contributed by atoms with van der Waals surface area (Å²) in [4.78, 5) is 36.3. The van der Waals surface area contributed by atoms with Gasteiger partial charge >= 0.3 is 12.0 Å². The van der Waals surface area contributed by atoms with Crippen LogP contribution in [0, 0.1) is 0 Å². The first-order valence-electron chi connectivity index (χ1n) is 8.59. The molecule has 158 valence electrons. The molecule has 0 heterocycles. The molecule has 0 aromatic rings. The molecule has 0 rings (SSSR count). The summed E-state index contributed by atoms with van der Waals surface area (Å²) in [7, 11) is 3.24. The number of nitrogens with zero attached hydrogens (tertiary/aromatic N) is 2. The van der Waals surface area contributed by atoms with Crippen molar-refractivity contribution < 1.29 is 23.9 Å². The lowest BCUT2D eigenvalue weighted by molar-refractivity contribution is -0.154. The molecule has 27 heavy (non-hydrogen) atoms. The molecule has 0 bridgehead atoms. The topological polar surface area (TPSA) is 97.3 Å². The van der Waals surface area contributed by atoms with E-state index in [4.69, 9.17) is 9.47 Å². The molecule has 0 aliphatic heterocycles. The highest BCUT2D eigenvalue weighted by atomic mass is 16.6. The van der Waals surface area contributed by atoms with Crippen LogP contribution in [-0.4, -0.2) is 61.4 Å². The van der Waals surface area contributed by atoms with Crippen LogP contribution in [0.1, 0.15) is 54.9 Å². The number of carbonyl (C=O) groups excluding carboxylic acids is 3. The zero-order chi connectivity index (χ0) is 22.1. The number of rotatable bonds is 5. The van der Waals surface area contributed by atoms with Crippen molar-refractivity contribution in [3.63, 3.8) is 0 Å². The summed E-state index contributed by atoms with van der Waals surface area (Å²) in [6.45, 7) is 16.8. The molecule has 0 saturated carbocycles. The van der Waals surface area contributed by atoms with Crippen LogP contribution in [0.5, 0.6) is 0 Å². The van der Waals surface area contributed by atoms with Crippen molar-refractivity contribution >= 4 is 24.6 Å². The lowest BCUT2D eigenvalue weighted by Gasteiger charge is -2.18. The van der Waals surface area contributed by atoms with E-state index in [1.54, 1.807) is 14.0 Å². The molecule has 0 aromatic carbocycles. The number of aldehydes is 1. The van der Waals surface area contributed by atoms with Gasteiger partial charge in [-0.1, -0.05) is 13.5 Å². The van der Waals surface area contributed by atoms with E-state index in [2.05, 4.69) is 16.9 Å². The number of esters is 1. The first-order valence-corrected chi connectivity index (χ1v) is 8.59. The van der Waals surface area contributed by atoms with Gasteiger partial charge < -0.3 is 19.6 Å². The van der Waals surface area contributed by atoms with Gasteiger partial charge in [0.2, 0.25) is 0 Å². The third-order valence-corrected chi connectivity index (χ3v) is 2.33. The van der Waals surface area contributed by atoms with E-state index < -0.39 is 6.03 Å². The Hall–Kier alpha value is -2.22. The Kier molecular flexibility index (Phi) is 17.5. The Labute approximate surface area is 164 Å². The minimum Gasteiger partial charge on any atom is -0.460 e. The van der Waals surface area contributed by atoms with Crippen molar-refractivity contribution in [3.05, 3.63) is 12.8 Å². The van der Waals surface area contributed by atoms with E-state index in [0.29, 0.717) is 12.7 Å². The molecule has 0 spiro atoms. The zero-order valence-electron chi connectivity index (χ0n) is 18.3. The van der Waals surface area contributed by atoms with E-state index in [0.717, 1.165) is 4.90 Å². The summed E-state index contributed by atoms with van der Waals surface area (Å²) in [5.74, 6) is -0.137. The number of hydrogen-bond donors (Lipinski definition) is 1. The van der Waals surface area contributed by atoms with Gasteiger partial charge in [0.05, 0.1) is 18.5 Å². The number of methoxy groups -OCH3 is 1. The second-order valence-electron chi connectivity index (χ2n) is 7.07. The zero-order valence-corrected chi connectivity index (χ0v) is 18.3. The molecule has 1 N–H and O–H groups in total. The SMILES string of the molecule is C=CN(C=NC)C(=O)NCC=O.CCC(=O)OC(C)(C)C.COC(C)(C)C. The van der Waals surface area contributed by atoms with E-state index in [-0.39, 0.29) is 23.7 Å². The highest BCUT2D eigenvalue weighted by molar-refractivity contribution is 5.88. The maximum atomic E-state index is 11.0. The lowest BCUT2D eigenvalue weighted by Crippen LogP contribution is -2.36. The standard InChI is InChI=1S/C7H11N3O2.C7H14O2.C5H12O/c1-3-10(6-8-2)7(12)9-4-5-11;1-5-6(8)9-7(2,3)4;1-5(2,3)6-4/h3,5-6H,1,4H2,2H3,(H,9,12);5H2,1-4H3;1-4H3. The number of urea groups is 1. The average molecular weight is 388 g/mol. The van der Waals surface area contributed by atoms with Gasteiger partial charge in [0.15, 0.2) is 0 Å². The molecule has 0 radical (unpaired) electrons. The minimum absolute atomic E-state index is 0.0132. The van der Waals surface area contributed by atoms with Crippen LogP contribution in [0.15, 0.2) is 17.8 Å². The fourth-order valence-electron chi connectivity index (χ4n) is 0.941. The molecule has 8 nitrogen and oxygen atoms in total. The third kappa shape index (κ3) is 26.1. The van der Waals surface area contributed by atoms with Crippen LogP contribution in [-0.2, 0) is 19.1 Å². The number of amides is 2. The molecule has 8 heteroatoms. The van der Waals surface area contributed by atoms with Gasteiger partial charge in [-0.05, 0) is 41.5 Å². The summed E-state index contributed by atoms with van der Waals surface area (Å²) in [6.07, 6.45) is 3.65. The molecule has 0 aliphatic carbocycles. The van der Waals surface area contributed by atoms with Gasteiger partial charge in [0.1, 0.15) is 11.9 Å². The summed E-state index contributed by atoms with van der Waals surface area (Å²) < 4.78 is 9.89. The van der Waals surface area contributed by atoms with Gasteiger partial charge in [-0.3, -0.25) is 14.7 Å². The number of nitrogens with one attached hydrogen (secondary N) is 1. The van der Waals surface area contributed by atoms with E-state index >= 15 is 0 Å². The number of carbonyl (C=O) groups is 3. The smallest absolute Gasteiger partial charge is 0.327 e. The monoisotopic (exact) mass is 387 g/mol. The first kappa shape index (κ1) is 29.5. The molecular formula is C19H37N3O5. The molecule has 0 atom stereocenters.